The molecule has 6 heteroatoms. The van der Waals surface area contributed by atoms with Crippen molar-refractivity contribution in [2.45, 2.75) is 167 Å². The van der Waals surface area contributed by atoms with Crippen LogP contribution in [-0.2, 0) is 4.79 Å². The minimum absolute atomic E-state index is 0.164. The van der Waals surface area contributed by atoms with Crippen molar-refractivity contribution in [1.82, 2.24) is 5.32 Å². The van der Waals surface area contributed by atoms with Crippen molar-refractivity contribution in [3.63, 3.8) is 0 Å². The van der Waals surface area contributed by atoms with Gasteiger partial charge in [-0.05, 0) is 38.5 Å². The average Bonchev–Trinajstić information content (AvgIpc) is 3.04. The average molecular weight is 644 g/mol. The number of hydrogen-bond donors (Lipinski definition) is 5. The third-order valence-electron chi connectivity index (χ3n) is 7.91. The summed E-state index contributed by atoms with van der Waals surface area (Å²) < 4.78 is 0. The van der Waals surface area contributed by atoms with E-state index in [-0.39, 0.29) is 12.5 Å². The fourth-order valence-corrected chi connectivity index (χ4v) is 5.03. The number of aliphatic hydroxyl groups excluding tert-OH is 4. The van der Waals surface area contributed by atoms with Gasteiger partial charge in [0, 0.05) is 6.42 Å². The van der Waals surface area contributed by atoms with Crippen molar-refractivity contribution in [1.29, 1.82) is 0 Å². The van der Waals surface area contributed by atoms with Crippen LogP contribution in [0.3, 0.4) is 0 Å². The Morgan fingerprint density at radius 2 is 1.13 bits per heavy atom. The highest BCUT2D eigenvalue weighted by molar-refractivity contribution is 5.76. The van der Waals surface area contributed by atoms with Gasteiger partial charge in [0.15, 0.2) is 0 Å². The van der Waals surface area contributed by atoms with Crippen LogP contribution in [-0.4, -0.2) is 57.3 Å². The highest BCUT2D eigenvalue weighted by Crippen LogP contribution is 2.14. The van der Waals surface area contributed by atoms with Crippen LogP contribution in [0.15, 0.2) is 72.9 Å². The number of amides is 1. The number of aliphatic hydroxyl groups is 4. The summed E-state index contributed by atoms with van der Waals surface area (Å²) in [7, 11) is 0. The van der Waals surface area contributed by atoms with Gasteiger partial charge in [0.25, 0.3) is 0 Å². The Balaban J connectivity index is 3.92. The summed E-state index contributed by atoms with van der Waals surface area (Å²) in [6.07, 6.45) is 41.7. The summed E-state index contributed by atoms with van der Waals surface area (Å²) in [4.78, 5) is 12.3. The molecule has 0 saturated heterocycles. The largest absolute Gasteiger partial charge is 0.394 e. The zero-order chi connectivity index (χ0) is 33.9. The van der Waals surface area contributed by atoms with E-state index in [9.17, 15) is 25.2 Å². The van der Waals surface area contributed by atoms with Crippen LogP contribution in [0.5, 0.6) is 0 Å². The first kappa shape index (κ1) is 43.8. The third-order valence-corrected chi connectivity index (χ3v) is 7.91. The predicted octanol–water partition coefficient (Wildman–Crippen LogP) is 8.73. The van der Waals surface area contributed by atoms with Crippen LogP contribution in [0.4, 0.5) is 0 Å². The summed E-state index contributed by atoms with van der Waals surface area (Å²) in [6.45, 7) is 4.06. The number of carbonyl (C=O) groups excluding carboxylic acids is 1. The second-order valence-electron chi connectivity index (χ2n) is 12.3. The molecule has 6 nitrogen and oxygen atoms in total. The summed E-state index contributed by atoms with van der Waals surface area (Å²) in [5.74, 6) is -0.164. The fourth-order valence-electron chi connectivity index (χ4n) is 5.03. The molecule has 0 aliphatic heterocycles. The molecule has 5 N–H and O–H groups in total. The monoisotopic (exact) mass is 644 g/mol. The summed E-state index contributed by atoms with van der Waals surface area (Å²) in [6, 6.07) is -0.616. The zero-order valence-electron chi connectivity index (χ0n) is 29.3. The smallest absolute Gasteiger partial charge is 0.220 e. The van der Waals surface area contributed by atoms with Gasteiger partial charge in [-0.1, -0.05) is 170 Å². The van der Waals surface area contributed by atoms with Gasteiger partial charge in [0.2, 0.25) is 5.91 Å². The molecule has 4 atom stereocenters. The first-order valence-corrected chi connectivity index (χ1v) is 18.4. The maximum atomic E-state index is 12.3. The van der Waals surface area contributed by atoms with Crippen molar-refractivity contribution in [3.8, 4) is 0 Å². The van der Waals surface area contributed by atoms with E-state index in [0.717, 1.165) is 25.7 Å². The molecule has 0 bridgehead atoms. The lowest BCUT2D eigenvalue weighted by Gasteiger charge is -2.22. The SMILES string of the molecule is CC/C=C\C[C@H](O)/C=C/C=C\C=C\[C@H](O)C/C=C\C/C=C\CCC(=O)N[C@@H](CO)[C@H](O)CCCCCCCCCCCCCCC. The topological polar surface area (TPSA) is 110 Å². The Bertz CT molecular complexity index is 860. The van der Waals surface area contributed by atoms with E-state index in [1.54, 1.807) is 24.3 Å². The van der Waals surface area contributed by atoms with Crippen LogP contribution >= 0.6 is 0 Å². The lowest BCUT2D eigenvalue weighted by atomic mass is 10.0. The van der Waals surface area contributed by atoms with Crippen molar-refractivity contribution < 1.29 is 25.2 Å². The molecule has 0 heterocycles. The molecule has 0 aromatic carbocycles. The summed E-state index contributed by atoms with van der Waals surface area (Å²) in [5, 5.41) is 42.8. The molecule has 0 spiro atoms. The summed E-state index contributed by atoms with van der Waals surface area (Å²) in [5.41, 5.74) is 0. The van der Waals surface area contributed by atoms with E-state index in [4.69, 9.17) is 0 Å². The summed E-state index contributed by atoms with van der Waals surface area (Å²) >= 11 is 0. The van der Waals surface area contributed by atoms with Gasteiger partial charge in [0.05, 0.1) is 31.0 Å². The van der Waals surface area contributed by atoms with Crippen molar-refractivity contribution in [2.24, 2.45) is 0 Å². The van der Waals surface area contributed by atoms with E-state index >= 15 is 0 Å². The maximum absolute atomic E-state index is 12.3. The van der Waals surface area contributed by atoms with E-state index in [2.05, 4.69) is 19.2 Å². The minimum Gasteiger partial charge on any atom is -0.394 e. The van der Waals surface area contributed by atoms with Crippen molar-refractivity contribution in [3.05, 3.63) is 72.9 Å². The van der Waals surface area contributed by atoms with Gasteiger partial charge in [-0.2, -0.15) is 0 Å². The molecule has 46 heavy (non-hydrogen) atoms. The van der Waals surface area contributed by atoms with Gasteiger partial charge < -0.3 is 25.7 Å². The number of allylic oxidation sites excluding steroid dienone is 8. The Kier molecular flexibility index (Phi) is 32.4. The van der Waals surface area contributed by atoms with E-state index in [1.807, 2.05) is 48.6 Å². The molecule has 0 fully saturated rings. The molecule has 0 unspecified atom stereocenters. The van der Waals surface area contributed by atoms with Gasteiger partial charge in [0.1, 0.15) is 0 Å². The van der Waals surface area contributed by atoms with E-state index in [0.29, 0.717) is 32.1 Å². The molecule has 0 aliphatic rings. The number of unbranched alkanes of at least 4 members (excludes halogenated alkanes) is 12. The first-order chi connectivity index (χ1) is 22.4. The van der Waals surface area contributed by atoms with E-state index < -0.39 is 24.4 Å². The number of rotatable bonds is 31. The lowest BCUT2D eigenvalue weighted by molar-refractivity contribution is -0.123. The quantitative estimate of drug-likeness (QED) is 0.0295. The maximum Gasteiger partial charge on any atom is 0.220 e. The Hall–Kier alpha value is -2.25. The molecular weight excluding hydrogens is 574 g/mol. The second-order valence-corrected chi connectivity index (χ2v) is 12.3. The van der Waals surface area contributed by atoms with Crippen LogP contribution in [0, 0.1) is 0 Å². The van der Waals surface area contributed by atoms with Crippen LogP contribution in [0.1, 0.15) is 142 Å². The van der Waals surface area contributed by atoms with Gasteiger partial charge in [-0.25, -0.2) is 0 Å². The zero-order valence-corrected chi connectivity index (χ0v) is 29.3. The number of nitrogens with one attached hydrogen (secondary N) is 1. The standard InChI is InChI=1S/C40H69NO5/c1-3-5-7-8-9-10-11-12-13-14-15-19-27-33-39(45)38(35-42)41-40(46)34-28-20-17-16-18-24-30-37(44)32-26-22-21-25-31-36(43)29-23-6-4-2/h6,17-18,20-26,31-32,36-39,42-45H,3-5,7-16,19,27-30,33-35H2,1-2H3,(H,41,46)/b20-17-,22-21-,23-6-,24-18-,31-25+,32-26+/t36-,37+,38-,39+/m0/s1. The molecule has 0 aromatic rings. The van der Waals surface area contributed by atoms with Crippen molar-refractivity contribution in [2.75, 3.05) is 6.61 Å². The Labute approximate surface area is 282 Å². The highest BCUT2D eigenvalue weighted by Gasteiger charge is 2.19. The Morgan fingerprint density at radius 3 is 1.65 bits per heavy atom. The van der Waals surface area contributed by atoms with Crippen LogP contribution < -0.4 is 5.32 Å². The predicted molar refractivity (Wildman–Crippen MR) is 196 cm³/mol. The first-order valence-electron chi connectivity index (χ1n) is 18.4. The molecule has 0 rings (SSSR count). The van der Waals surface area contributed by atoms with Gasteiger partial charge >= 0.3 is 0 Å². The molecule has 0 radical (unpaired) electrons. The molecule has 0 aromatic heterocycles. The lowest BCUT2D eigenvalue weighted by Crippen LogP contribution is -2.45. The fraction of sp³-hybridized carbons (Fsp3) is 0.675. The molecular formula is C40H69NO5. The number of hydrogen-bond acceptors (Lipinski definition) is 5. The highest BCUT2D eigenvalue weighted by atomic mass is 16.3. The molecule has 0 saturated carbocycles. The third kappa shape index (κ3) is 30.4. The number of carbonyl (C=O) groups is 1. The van der Waals surface area contributed by atoms with Gasteiger partial charge in [-0.15, -0.1) is 0 Å². The van der Waals surface area contributed by atoms with Crippen LogP contribution in [0.2, 0.25) is 0 Å². The Morgan fingerprint density at radius 1 is 0.630 bits per heavy atom. The normalized spacial score (nSPS) is 15.3. The molecule has 264 valence electrons. The molecule has 0 aliphatic carbocycles. The second kappa shape index (κ2) is 34.1. The minimum atomic E-state index is -0.725. The van der Waals surface area contributed by atoms with Crippen molar-refractivity contribution >= 4 is 5.91 Å². The van der Waals surface area contributed by atoms with E-state index in [1.165, 1.54) is 70.6 Å². The van der Waals surface area contributed by atoms with Gasteiger partial charge in [-0.3, -0.25) is 4.79 Å². The molecule has 1 amide bonds. The van der Waals surface area contributed by atoms with Crippen LogP contribution in [0.25, 0.3) is 0 Å².